The van der Waals surface area contributed by atoms with Crippen LogP contribution in [0.5, 0.6) is 0 Å². The van der Waals surface area contributed by atoms with Crippen molar-refractivity contribution in [2.75, 3.05) is 5.32 Å². The first-order valence-corrected chi connectivity index (χ1v) is 10.7. The maximum atomic E-state index is 12.6. The molecule has 0 bridgehead atoms. The van der Waals surface area contributed by atoms with E-state index in [1.54, 1.807) is 16.8 Å². The van der Waals surface area contributed by atoms with Crippen LogP contribution in [0.4, 0.5) is 5.69 Å². The summed E-state index contributed by atoms with van der Waals surface area (Å²) in [4.78, 5) is 31.8. The molecule has 7 nitrogen and oxygen atoms in total. The lowest BCUT2D eigenvalue weighted by atomic mass is 10.0. The van der Waals surface area contributed by atoms with Crippen LogP contribution >= 0.6 is 0 Å². The van der Waals surface area contributed by atoms with Gasteiger partial charge in [-0.25, -0.2) is 4.98 Å². The van der Waals surface area contributed by atoms with E-state index < -0.39 is 0 Å². The number of amides is 1. The minimum atomic E-state index is -0.293. The number of benzene rings is 1. The SMILES string of the molecule is CC(=O)Nc1cccc(-c2cnc3[nH]cc(-c4cc(CO)c(=O)n(CC5CC5)c4)c3c2)c1. The van der Waals surface area contributed by atoms with Gasteiger partial charge in [0, 0.05) is 65.4 Å². The molecule has 1 fully saturated rings. The molecule has 1 aliphatic carbocycles. The second-order valence-electron chi connectivity index (χ2n) is 8.40. The van der Waals surface area contributed by atoms with Gasteiger partial charge in [-0.3, -0.25) is 9.59 Å². The molecule has 0 aliphatic heterocycles. The summed E-state index contributed by atoms with van der Waals surface area (Å²) in [6.45, 7) is 1.87. The molecule has 0 atom stereocenters. The molecular weight excluding hydrogens is 404 g/mol. The van der Waals surface area contributed by atoms with Crippen molar-refractivity contribution >= 4 is 22.6 Å². The predicted octanol–water partition coefficient (Wildman–Crippen LogP) is 3.92. The molecule has 3 heterocycles. The maximum absolute atomic E-state index is 12.6. The Morgan fingerprint density at radius 1 is 1.22 bits per heavy atom. The number of nitrogens with one attached hydrogen (secondary N) is 2. The van der Waals surface area contributed by atoms with Crippen molar-refractivity contribution in [1.29, 1.82) is 0 Å². The van der Waals surface area contributed by atoms with Gasteiger partial charge < -0.3 is 20.0 Å². The van der Waals surface area contributed by atoms with Crippen LogP contribution in [0, 0.1) is 5.92 Å². The second-order valence-corrected chi connectivity index (χ2v) is 8.40. The Balaban J connectivity index is 1.59. The minimum Gasteiger partial charge on any atom is -0.391 e. The van der Waals surface area contributed by atoms with Crippen molar-refractivity contribution in [2.45, 2.75) is 32.9 Å². The third-order valence-electron chi connectivity index (χ3n) is 5.84. The Labute approximate surface area is 184 Å². The lowest BCUT2D eigenvalue weighted by Crippen LogP contribution is -2.24. The smallest absolute Gasteiger partial charge is 0.256 e. The molecule has 5 rings (SSSR count). The van der Waals surface area contributed by atoms with Crippen molar-refractivity contribution < 1.29 is 9.90 Å². The highest BCUT2D eigenvalue weighted by atomic mass is 16.3. The third kappa shape index (κ3) is 3.94. The number of pyridine rings is 2. The van der Waals surface area contributed by atoms with Crippen molar-refractivity contribution in [1.82, 2.24) is 14.5 Å². The fourth-order valence-corrected chi connectivity index (χ4v) is 4.05. The number of hydrogen-bond acceptors (Lipinski definition) is 4. The van der Waals surface area contributed by atoms with Crippen LogP contribution in [0.15, 0.2) is 59.8 Å². The quantitative estimate of drug-likeness (QED) is 0.433. The molecule has 0 spiro atoms. The molecule has 3 aromatic heterocycles. The zero-order valence-corrected chi connectivity index (χ0v) is 17.8. The van der Waals surface area contributed by atoms with E-state index in [1.807, 2.05) is 36.7 Å². The number of aromatic amines is 1. The van der Waals surface area contributed by atoms with E-state index in [1.165, 1.54) is 6.92 Å². The number of anilines is 1. The monoisotopic (exact) mass is 428 g/mol. The van der Waals surface area contributed by atoms with Gasteiger partial charge in [-0.15, -0.1) is 0 Å². The first-order chi connectivity index (χ1) is 15.5. The van der Waals surface area contributed by atoms with Crippen LogP contribution in [0.3, 0.4) is 0 Å². The molecule has 1 aromatic carbocycles. The van der Waals surface area contributed by atoms with E-state index in [0.29, 0.717) is 18.0 Å². The Bertz CT molecular complexity index is 1380. The highest BCUT2D eigenvalue weighted by Gasteiger charge is 2.23. The standard InChI is InChI=1S/C25H24N4O3/c1-15(31)28-21-4-2-3-17(8-21)18-9-22-23(11-27-24(22)26-10-18)19-7-20(14-30)25(32)29(13-19)12-16-5-6-16/h2-4,7-11,13,16,30H,5-6,12,14H2,1H3,(H,26,27)(H,28,31). The average Bonchev–Trinajstić information content (AvgIpc) is 3.50. The zero-order chi connectivity index (χ0) is 22.2. The fourth-order valence-electron chi connectivity index (χ4n) is 4.05. The van der Waals surface area contributed by atoms with E-state index >= 15 is 0 Å². The lowest BCUT2D eigenvalue weighted by Gasteiger charge is -2.11. The largest absolute Gasteiger partial charge is 0.391 e. The van der Waals surface area contributed by atoms with E-state index in [2.05, 4.69) is 21.4 Å². The molecule has 0 radical (unpaired) electrons. The Hall–Kier alpha value is -3.71. The summed E-state index contributed by atoms with van der Waals surface area (Å²) >= 11 is 0. The summed E-state index contributed by atoms with van der Waals surface area (Å²) in [5.74, 6) is 0.422. The molecule has 32 heavy (non-hydrogen) atoms. The zero-order valence-electron chi connectivity index (χ0n) is 17.8. The number of rotatable bonds is 6. The van der Waals surface area contributed by atoms with Gasteiger partial charge in [0.2, 0.25) is 5.91 Å². The summed E-state index contributed by atoms with van der Waals surface area (Å²) in [5, 5.41) is 13.5. The Kier molecular flexibility index (Phi) is 5.11. The number of carbonyl (C=O) groups excluding carboxylic acids is 1. The van der Waals surface area contributed by atoms with Gasteiger partial charge >= 0.3 is 0 Å². The number of carbonyl (C=O) groups is 1. The van der Waals surface area contributed by atoms with Crippen LogP contribution in [-0.4, -0.2) is 25.5 Å². The molecule has 1 saturated carbocycles. The number of aliphatic hydroxyl groups is 1. The number of fused-ring (bicyclic) bond motifs is 1. The van der Waals surface area contributed by atoms with E-state index in [9.17, 15) is 14.7 Å². The fraction of sp³-hybridized carbons (Fsp3) is 0.240. The minimum absolute atomic E-state index is 0.121. The van der Waals surface area contributed by atoms with Gasteiger partial charge in [0.25, 0.3) is 5.56 Å². The van der Waals surface area contributed by atoms with Crippen molar-refractivity contribution in [2.24, 2.45) is 5.92 Å². The van der Waals surface area contributed by atoms with Crippen LogP contribution < -0.4 is 10.9 Å². The van der Waals surface area contributed by atoms with E-state index in [0.717, 1.165) is 51.8 Å². The summed E-state index contributed by atoms with van der Waals surface area (Å²) in [7, 11) is 0. The Morgan fingerprint density at radius 3 is 2.81 bits per heavy atom. The van der Waals surface area contributed by atoms with E-state index in [-0.39, 0.29) is 18.1 Å². The van der Waals surface area contributed by atoms with Gasteiger partial charge in [0.1, 0.15) is 5.65 Å². The lowest BCUT2D eigenvalue weighted by molar-refractivity contribution is -0.114. The first kappa shape index (κ1) is 20.2. The van der Waals surface area contributed by atoms with E-state index in [4.69, 9.17) is 0 Å². The third-order valence-corrected chi connectivity index (χ3v) is 5.84. The summed E-state index contributed by atoms with van der Waals surface area (Å²) in [6, 6.07) is 11.4. The topological polar surface area (TPSA) is 100 Å². The van der Waals surface area contributed by atoms with Crippen molar-refractivity contribution in [3.05, 3.63) is 70.9 Å². The predicted molar refractivity (Wildman–Crippen MR) is 124 cm³/mol. The van der Waals surface area contributed by atoms with Crippen LogP contribution in [0.1, 0.15) is 25.3 Å². The van der Waals surface area contributed by atoms with Crippen LogP contribution in [0.2, 0.25) is 0 Å². The number of H-pyrrole nitrogens is 1. The van der Waals surface area contributed by atoms with Gasteiger partial charge in [-0.05, 0) is 48.6 Å². The molecule has 162 valence electrons. The van der Waals surface area contributed by atoms with Gasteiger partial charge in [-0.1, -0.05) is 12.1 Å². The van der Waals surface area contributed by atoms with Gasteiger partial charge in [0.05, 0.1) is 6.61 Å². The number of hydrogen-bond donors (Lipinski definition) is 3. The van der Waals surface area contributed by atoms with Crippen molar-refractivity contribution in [3.8, 4) is 22.3 Å². The molecule has 1 amide bonds. The normalized spacial score (nSPS) is 13.4. The van der Waals surface area contributed by atoms with Crippen LogP contribution in [0.25, 0.3) is 33.3 Å². The first-order valence-electron chi connectivity index (χ1n) is 10.7. The molecular formula is C25H24N4O3. The molecule has 3 N–H and O–H groups in total. The number of nitrogens with zero attached hydrogens (tertiary/aromatic N) is 2. The van der Waals surface area contributed by atoms with Gasteiger partial charge in [-0.2, -0.15) is 0 Å². The van der Waals surface area contributed by atoms with Crippen molar-refractivity contribution in [3.63, 3.8) is 0 Å². The number of aliphatic hydroxyl groups excluding tert-OH is 1. The summed E-state index contributed by atoms with van der Waals surface area (Å²) in [6.07, 6.45) is 7.85. The molecule has 0 unspecified atom stereocenters. The molecule has 0 saturated heterocycles. The molecule has 1 aliphatic rings. The highest BCUT2D eigenvalue weighted by molar-refractivity contribution is 5.96. The maximum Gasteiger partial charge on any atom is 0.256 e. The average molecular weight is 428 g/mol. The second kappa shape index (κ2) is 8.09. The molecule has 4 aromatic rings. The Morgan fingerprint density at radius 2 is 2.06 bits per heavy atom. The summed E-state index contributed by atoms with van der Waals surface area (Å²) < 4.78 is 1.73. The van der Waals surface area contributed by atoms with Gasteiger partial charge in [0.15, 0.2) is 0 Å². The highest BCUT2D eigenvalue weighted by Crippen LogP contribution is 2.33. The number of aromatic nitrogens is 3. The molecule has 7 heteroatoms. The summed E-state index contributed by atoms with van der Waals surface area (Å²) in [5.41, 5.74) is 5.38. The van der Waals surface area contributed by atoms with Crippen LogP contribution in [-0.2, 0) is 17.9 Å².